The van der Waals surface area contributed by atoms with Gasteiger partial charge in [0.2, 0.25) is 0 Å². The Hall–Kier alpha value is -2.64. The van der Waals surface area contributed by atoms with Crippen LogP contribution in [-0.2, 0) is 6.54 Å². The van der Waals surface area contributed by atoms with E-state index in [1.807, 2.05) is 0 Å². The van der Waals surface area contributed by atoms with Crippen molar-refractivity contribution >= 4 is 11.4 Å². The maximum absolute atomic E-state index is 13.5. The van der Waals surface area contributed by atoms with Crippen LogP contribution in [0.3, 0.4) is 0 Å². The number of benzene rings is 1. The number of nitrogens with one attached hydrogen (secondary N) is 1. The van der Waals surface area contributed by atoms with Gasteiger partial charge in [-0.3, -0.25) is 14.8 Å². The first-order valence-corrected chi connectivity index (χ1v) is 5.85. The zero-order valence-electron chi connectivity index (χ0n) is 10.7. The minimum atomic E-state index is -0.767. The standard InChI is InChI=1S/C12H13FN4O3/c1-20-12-8-10(11(17(18)19)7-9(12)13)14-4-6-16-5-2-3-15-16/h2-3,5,7-8,14H,4,6H2,1H3. The van der Waals surface area contributed by atoms with Crippen LogP contribution in [0.15, 0.2) is 30.6 Å². The summed E-state index contributed by atoms with van der Waals surface area (Å²) in [6.07, 6.45) is 3.42. The van der Waals surface area contributed by atoms with Gasteiger partial charge in [0.25, 0.3) is 5.69 Å². The quantitative estimate of drug-likeness (QED) is 0.647. The molecule has 0 unspecified atom stereocenters. The van der Waals surface area contributed by atoms with Crippen LogP contribution in [-0.4, -0.2) is 28.4 Å². The van der Waals surface area contributed by atoms with Crippen molar-refractivity contribution in [2.24, 2.45) is 0 Å². The van der Waals surface area contributed by atoms with E-state index >= 15 is 0 Å². The van der Waals surface area contributed by atoms with Crippen molar-refractivity contribution in [2.75, 3.05) is 19.0 Å². The van der Waals surface area contributed by atoms with Crippen molar-refractivity contribution in [1.82, 2.24) is 9.78 Å². The highest BCUT2D eigenvalue weighted by Crippen LogP contribution is 2.31. The van der Waals surface area contributed by atoms with E-state index in [-0.39, 0.29) is 17.1 Å². The molecule has 0 aliphatic carbocycles. The van der Waals surface area contributed by atoms with Crippen molar-refractivity contribution in [3.63, 3.8) is 0 Å². The highest BCUT2D eigenvalue weighted by molar-refractivity contribution is 5.64. The summed E-state index contributed by atoms with van der Waals surface area (Å²) in [4.78, 5) is 10.3. The normalized spacial score (nSPS) is 10.3. The molecule has 0 spiro atoms. The Kier molecular flexibility index (Phi) is 4.14. The fourth-order valence-electron chi connectivity index (χ4n) is 1.73. The number of ether oxygens (including phenoxy) is 1. The number of anilines is 1. The molecule has 0 saturated heterocycles. The molecule has 1 N–H and O–H groups in total. The lowest BCUT2D eigenvalue weighted by atomic mass is 10.2. The number of rotatable bonds is 6. The number of hydrogen-bond acceptors (Lipinski definition) is 5. The summed E-state index contributed by atoms with van der Waals surface area (Å²) in [5, 5.41) is 17.8. The molecule has 1 aromatic heterocycles. The van der Waals surface area contributed by atoms with Crippen molar-refractivity contribution in [3.05, 3.63) is 46.5 Å². The van der Waals surface area contributed by atoms with E-state index < -0.39 is 10.7 Å². The predicted molar refractivity (Wildman–Crippen MR) is 70.3 cm³/mol. The zero-order valence-corrected chi connectivity index (χ0v) is 10.7. The first-order chi connectivity index (χ1) is 9.61. The second-order valence-corrected chi connectivity index (χ2v) is 3.96. The number of methoxy groups -OCH3 is 1. The summed E-state index contributed by atoms with van der Waals surface area (Å²) in [6.45, 7) is 0.946. The number of nitro benzene ring substituents is 1. The van der Waals surface area contributed by atoms with Crippen molar-refractivity contribution in [1.29, 1.82) is 0 Å². The molecule has 0 aliphatic rings. The minimum absolute atomic E-state index is 0.0443. The molecule has 7 nitrogen and oxygen atoms in total. The molecule has 0 aliphatic heterocycles. The Bertz CT molecular complexity index is 601. The summed E-state index contributed by atoms with van der Waals surface area (Å²) in [6, 6.07) is 3.90. The Balaban J connectivity index is 2.14. The molecule has 0 saturated carbocycles. The summed E-state index contributed by atoms with van der Waals surface area (Å²) >= 11 is 0. The van der Waals surface area contributed by atoms with E-state index in [0.717, 1.165) is 6.07 Å². The van der Waals surface area contributed by atoms with Gasteiger partial charge in [0.05, 0.1) is 24.6 Å². The second-order valence-electron chi connectivity index (χ2n) is 3.96. The van der Waals surface area contributed by atoms with Crippen LogP contribution < -0.4 is 10.1 Å². The molecule has 20 heavy (non-hydrogen) atoms. The topological polar surface area (TPSA) is 82.2 Å². The van der Waals surface area contributed by atoms with Crippen molar-refractivity contribution in [3.8, 4) is 5.75 Å². The fourth-order valence-corrected chi connectivity index (χ4v) is 1.73. The second kappa shape index (κ2) is 6.00. The number of hydrogen-bond donors (Lipinski definition) is 1. The van der Waals surface area contributed by atoms with E-state index in [4.69, 9.17) is 4.74 Å². The van der Waals surface area contributed by atoms with Gasteiger partial charge in [-0.25, -0.2) is 4.39 Å². The van der Waals surface area contributed by atoms with E-state index in [9.17, 15) is 14.5 Å². The van der Waals surface area contributed by atoms with Gasteiger partial charge >= 0.3 is 0 Å². The Labute approximate surface area is 114 Å². The number of nitrogens with zero attached hydrogens (tertiary/aromatic N) is 3. The lowest BCUT2D eigenvalue weighted by molar-refractivity contribution is -0.384. The number of nitro groups is 1. The van der Waals surface area contributed by atoms with Crippen LogP contribution in [0.1, 0.15) is 0 Å². The molecule has 0 radical (unpaired) electrons. The van der Waals surface area contributed by atoms with Gasteiger partial charge in [-0.2, -0.15) is 5.10 Å². The third-order valence-electron chi connectivity index (χ3n) is 2.68. The minimum Gasteiger partial charge on any atom is -0.494 e. The summed E-state index contributed by atoms with van der Waals surface area (Å²) in [7, 11) is 1.30. The highest BCUT2D eigenvalue weighted by atomic mass is 19.1. The SMILES string of the molecule is COc1cc(NCCn2cccn2)c([N+](=O)[O-])cc1F. The van der Waals surface area contributed by atoms with Crippen molar-refractivity contribution < 1.29 is 14.1 Å². The molecule has 0 fully saturated rings. The van der Waals surface area contributed by atoms with Crippen LogP contribution in [0.5, 0.6) is 5.75 Å². The molecule has 1 heterocycles. The molecule has 2 rings (SSSR count). The van der Waals surface area contributed by atoms with Crippen LogP contribution in [0, 0.1) is 15.9 Å². The number of halogens is 1. The van der Waals surface area contributed by atoms with Crippen LogP contribution in [0.2, 0.25) is 0 Å². The Morgan fingerprint density at radius 2 is 2.35 bits per heavy atom. The van der Waals surface area contributed by atoms with E-state index in [1.54, 1.807) is 23.1 Å². The largest absolute Gasteiger partial charge is 0.494 e. The average Bonchev–Trinajstić information content (AvgIpc) is 2.93. The fraction of sp³-hybridized carbons (Fsp3) is 0.250. The Morgan fingerprint density at radius 3 is 2.95 bits per heavy atom. The number of aromatic nitrogens is 2. The lowest BCUT2D eigenvalue weighted by Crippen LogP contribution is -2.12. The maximum Gasteiger partial charge on any atom is 0.295 e. The summed E-state index contributed by atoms with van der Waals surface area (Å²) < 4.78 is 20.0. The van der Waals surface area contributed by atoms with E-state index in [0.29, 0.717) is 13.1 Å². The smallest absolute Gasteiger partial charge is 0.295 e. The molecule has 2 aromatic rings. The first kappa shape index (κ1) is 13.8. The molecule has 0 amide bonds. The van der Waals surface area contributed by atoms with E-state index in [2.05, 4.69) is 10.4 Å². The van der Waals surface area contributed by atoms with Crippen LogP contribution in [0.4, 0.5) is 15.8 Å². The maximum atomic E-state index is 13.5. The molecule has 8 heteroatoms. The van der Waals surface area contributed by atoms with Gasteiger partial charge in [-0.15, -0.1) is 0 Å². The third-order valence-corrected chi connectivity index (χ3v) is 2.68. The van der Waals surface area contributed by atoms with Gasteiger partial charge in [0.1, 0.15) is 5.69 Å². The van der Waals surface area contributed by atoms with Gasteiger partial charge in [0, 0.05) is 25.0 Å². The average molecular weight is 280 g/mol. The molecular formula is C12H13FN4O3. The predicted octanol–water partition coefficient (Wildman–Crippen LogP) is 2.05. The Morgan fingerprint density at radius 1 is 1.55 bits per heavy atom. The molecular weight excluding hydrogens is 267 g/mol. The van der Waals surface area contributed by atoms with E-state index in [1.165, 1.54) is 13.2 Å². The highest BCUT2D eigenvalue weighted by Gasteiger charge is 2.18. The van der Waals surface area contributed by atoms with Gasteiger partial charge in [-0.05, 0) is 6.07 Å². The first-order valence-electron chi connectivity index (χ1n) is 5.85. The van der Waals surface area contributed by atoms with Crippen molar-refractivity contribution in [2.45, 2.75) is 6.54 Å². The lowest BCUT2D eigenvalue weighted by Gasteiger charge is -2.09. The summed E-state index contributed by atoms with van der Waals surface area (Å²) in [5.74, 6) is -0.811. The molecule has 0 bridgehead atoms. The van der Waals surface area contributed by atoms with Gasteiger partial charge < -0.3 is 10.1 Å². The van der Waals surface area contributed by atoms with Gasteiger partial charge in [-0.1, -0.05) is 0 Å². The van der Waals surface area contributed by atoms with Gasteiger partial charge in [0.15, 0.2) is 11.6 Å². The monoisotopic (exact) mass is 280 g/mol. The van der Waals surface area contributed by atoms with Crippen LogP contribution >= 0.6 is 0 Å². The molecule has 106 valence electrons. The van der Waals surface area contributed by atoms with Crippen LogP contribution in [0.25, 0.3) is 0 Å². The molecule has 1 aromatic carbocycles. The molecule has 0 atom stereocenters. The third kappa shape index (κ3) is 3.02. The zero-order chi connectivity index (χ0) is 14.5. The summed E-state index contributed by atoms with van der Waals surface area (Å²) in [5.41, 5.74) is -0.121.